The van der Waals surface area contributed by atoms with Gasteiger partial charge in [-0.05, 0) is 32.5 Å². The van der Waals surface area contributed by atoms with Crippen LogP contribution in [-0.4, -0.2) is 53.8 Å². The minimum absolute atomic E-state index is 0.347. The Morgan fingerprint density at radius 1 is 1.15 bits per heavy atom. The molecule has 6 heteroatoms. The molecule has 1 N–H and O–H groups in total. The summed E-state index contributed by atoms with van der Waals surface area (Å²) in [6.45, 7) is 9.20. The molecule has 1 unspecified atom stereocenters. The van der Waals surface area contributed by atoms with Gasteiger partial charge in [0.1, 0.15) is 5.92 Å². The van der Waals surface area contributed by atoms with Crippen LogP contribution in [0.25, 0.3) is 0 Å². The van der Waals surface area contributed by atoms with Crippen LogP contribution >= 0.6 is 0 Å². The molecule has 0 aromatic heterocycles. The number of barbiturate groups is 1. The van der Waals surface area contributed by atoms with E-state index in [0.29, 0.717) is 13.0 Å². The topological polar surface area (TPSA) is 69.7 Å². The molecule has 1 atom stereocenters. The van der Waals surface area contributed by atoms with Gasteiger partial charge < -0.3 is 4.90 Å². The summed E-state index contributed by atoms with van der Waals surface area (Å²) in [5.41, 5.74) is 0. The molecule has 6 nitrogen and oxygen atoms in total. The van der Waals surface area contributed by atoms with Crippen molar-refractivity contribution in [3.05, 3.63) is 0 Å². The Balaban J connectivity index is 2.57. The maximum Gasteiger partial charge on any atom is 0.330 e. The van der Waals surface area contributed by atoms with Gasteiger partial charge >= 0.3 is 6.03 Å². The number of carbonyl (C=O) groups is 3. The highest BCUT2D eigenvalue weighted by Crippen LogP contribution is 2.16. The summed E-state index contributed by atoms with van der Waals surface area (Å²) in [7, 11) is 0. The van der Waals surface area contributed by atoms with E-state index in [9.17, 15) is 14.4 Å². The molecule has 0 aromatic carbocycles. The first-order chi connectivity index (χ1) is 9.54. The summed E-state index contributed by atoms with van der Waals surface area (Å²) in [4.78, 5) is 39.0. The van der Waals surface area contributed by atoms with E-state index in [0.717, 1.165) is 32.5 Å². The highest BCUT2D eigenvalue weighted by molar-refractivity contribution is 6.16. The van der Waals surface area contributed by atoms with Crippen LogP contribution in [0.15, 0.2) is 0 Å². The number of hydrogen-bond donors (Lipinski definition) is 1. The monoisotopic (exact) mass is 283 g/mol. The number of urea groups is 1. The third-order valence-electron chi connectivity index (χ3n) is 3.68. The lowest BCUT2D eigenvalue weighted by atomic mass is 9.99. The molecular weight excluding hydrogens is 258 g/mol. The van der Waals surface area contributed by atoms with Gasteiger partial charge in [0.2, 0.25) is 11.8 Å². The molecule has 20 heavy (non-hydrogen) atoms. The molecule has 1 saturated heterocycles. The molecule has 1 aliphatic rings. The van der Waals surface area contributed by atoms with E-state index in [1.165, 1.54) is 4.90 Å². The molecule has 0 radical (unpaired) electrons. The van der Waals surface area contributed by atoms with Crippen LogP contribution in [0.3, 0.4) is 0 Å². The predicted molar refractivity (Wildman–Crippen MR) is 76.1 cm³/mol. The van der Waals surface area contributed by atoms with Crippen molar-refractivity contribution in [2.45, 2.75) is 40.0 Å². The maximum atomic E-state index is 12.2. The number of amides is 4. The average molecular weight is 283 g/mol. The van der Waals surface area contributed by atoms with E-state index >= 15 is 0 Å². The second kappa shape index (κ2) is 7.99. The van der Waals surface area contributed by atoms with Crippen LogP contribution in [0.2, 0.25) is 0 Å². The van der Waals surface area contributed by atoms with Crippen LogP contribution < -0.4 is 5.32 Å². The Morgan fingerprint density at radius 3 is 2.35 bits per heavy atom. The van der Waals surface area contributed by atoms with E-state index < -0.39 is 17.9 Å². The molecular formula is C14H25N3O3. The molecule has 1 aliphatic heterocycles. The number of hydrogen-bond acceptors (Lipinski definition) is 4. The lowest BCUT2D eigenvalue weighted by Crippen LogP contribution is -2.58. The highest BCUT2D eigenvalue weighted by atomic mass is 16.2. The SMILES string of the molecule is CCCC1C(=O)NC(=O)N(CCCN(CC)CC)C1=O. The maximum absolute atomic E-state index is 12.2. The van der Waals surface area contributed by atoms with Crippen molar-refractivity contribution in [1.29, 1.82) is 0 Å². The van der Waals surface area contributed by atoms with Crippen molar-refractivity contribution in [3.8, 4) is 0 Å². The van der Waals surface area contributed by atoms with Crippen LogP contribution in [0.1, 0.15) is 40.0 Å². The largest absolute Gasteiger partial charge is 0.330 e. The van der Waals surface area contributed by atoms with Crippen molar-refractivity contribution in [1.82, 2.24) is 15.1 Å². The quantitative estimate of drug-likeness (QED) is 0.680. The molecule has 0 spiro atoms. The molecule has 1 fully saturated rings. The van der Waals surface area contributed by atoms with Crippen LogP contribution in [0.5, 0.6) is 0 Å². The predicted octanol–water partition coefficient (Wildman–Crippen LogP) is 1.21. The molecule has 114 valence electrons. The first kappa shape index (κ1) is 16.6. The Kier molecular flexibility index (Phi) is 6.64. The van der Waals surface area contributed by atoms with Gasteiger partial charge in [-0.1, -0.05) is 27.2 Å². The zero-order valence-corrected chi connectivity index (χ0v) is 12.6. The summed E-state index contributed by atoms with van der Waals surface area (Å²) in [5.74, 6) is -1.51. The lowest BCUT2D eigenvalue weighted by molar-refractivity contribution is -0.142. The summed E-state index contributed by atoms with van der Waals surface area (Å²) in [6.07, 6.45) is 1.96. The Labute approximate surface area is 120 Å². The molecule has 1 heterocycles. The standard InChI is InChI=1S/C14H25N3O3/c1-4-8-11-12(18)15-14(20)17(13(11)19)10-7-9-16(5-2)6-3/h11H,4-10H2,1-3H3,(H,15,18,20). The van der Waals surface area contributed by atoms with E-state index in [4.69, 9.17) is 0 Å². The van der Waals surface area contributed by atoms with Gasteiger partial charge in [-0.2, -0.15) is 0 Å². The van der Waals surface area contributed by atoms with Crippen LogP contribution in [0, 0.1) is 5.92 Å². The molecule has 0 saturated carbocycles. The van der Waals surface area contributed by atoms with Gasteiger partial charge in [0.05, 0.1) is 0 Å². The van der Waals surface area contributed by atoms with E-state index in [1.807, 2.05) is 6.92 Å². The van der Waals surface area contributed by atoms with Crippen molar-refractivity contribution in [2.75, 3.05) is 26.2 Å². The molecule has 1 rings (SSSR count). The summed E-state index contributed by atoms with van der Waals surface area (Å²) >= 11 is 0. The van der Waals surface area contributed by atoms with Crippen molar-refractivity contribution in [3.63, 3.8) is 0 Å². The lowest BCUT2D eigenvalue weighted by Gasteiger charge is -2.30. The summed E-state index contributed by atoms with van der Waals surface area (Å²) < 4.78 is 0. The van der Waals surface area contributed by atoms with Crippen LogP contribution in [-0.2, 0) is 9.59 Å². The number of carbonyl (C=O) groups excluding carboxylic acids is 3. The van der Waals surface area contributed by atoms with Gasteiger partial charge in [-0.25, -0.2) is 4.79 Å². The molecule has 0 aromatic rings. The molecule has 0 aliphatic carbocycles. The van der Waals surface area contributed by atoms with E-state index in [-0.39, 0.29) is 5.91 Å². The van der Waals surface area contributed by atoms with Gasteiger partial charge in [-0.15, -0.1) is 0 Å². The molecule has 4 amide bonds. The normalized spacial score (nSPS) is 19.7. The number of nitrogens with one attached hydrogen (secondary N) is 1. The van der Waals surface area contributed by atoms with Gasteiger partial charge in [0, 0.05) is 6.54 Å². The van der Waals surface area contributed by atoms with E-state index in [1.54, 1.807) is 0 Å². The van der Waals surface area contributed by atoms with Crippen molar-refractivity contribution < 1.29 is 14.4 Å². The second-order valence-corrected chi connectivity index (χ2v) is 5.01. The highest BCUT2D eigenvalue weighted by Gasteiger charge is 2.39. The Bertz CT molecular complexity index is 367. The van der Waals surface area contributed by atoms with E-state index in [2.05, 4.69) is 24.1 Å². The zero-order chi connectivity index (χ0) is 15.1. The Morgan fingerprint density at radius 2 is 1.80 bits per heavy atom. The first-order valence-electron chi connectivity index (χ1n) is 7.43. The fourth-order valence-corrected chi connectivity index (χ4v) is 2.41. The first-order valence-corrected chi connectivity index (χ1v) is 7.43. The van der Waals surface area contributed by atoms with Crippen molar-refractivity contribution >= 4 is 17.8 Å². The van der Waals surface area contributed by atoms with Gasteiger partial charge in [-0.3, -0.25) is 19.8 Å². The fourth-order valence-electron chi connectivity index (χ4n) is 2.41. The average Bonchev–Trinajstić information content (AvgIpc) is 2.42. The molecule has 0 bridgehead atoms. The second-order valence-electron chi connectivity index (χ2n) is 5.01. The fraction of sp³-hybridized carbons (Fsp3) is 0.786. The Hall–Kier alpha value is -1.43. The van der Waals surface area contributed by atoms with Crippen molar-refractivity contribution in [2.24, 2.45) is 5.92 Å². The summed E-state index contributed by atoms with van der Waals surface area (Å²) in [6, 6.07) is -0.577. The van der Waals surface area contributed by atoms with Gasteiger partial charge in [0.25, 0.3) is 0 Å². The van der Waals surface area contributed by atoms with Crippen LogP contribution in [0.4, 0.5) is 4.79 Å². The number of rotatable bonds is 8. The zero-order valence-electron chi connectivity index (χ0n) is 12.6. The third kappa shape index (κ3) is 4.03. The number of imide groups is 2. The smallest absolute Gasteiger partial charge is 0.304 e. The minimum Gasteiger partial charge on any atom is -0.304 e. The number of nitrogens with zero attached hydrogens (tertiary/aromatic N) is 2. The van der Waals surface area contributed by atoms with Gasteiger partial charge in [0.15, 0.2) is 0 Å². The minimum atomic E-state index is -0.703. The summed E-state index contributed by atoms with van der Waals surface area (Å²) in [5, 5.41) is 2.27. The third-order valence-corrected chi connectivity index (χ3v) is 3.68.